The van der Waals surface area contributed by atoms with E-state index in [1.807, 2.05) is 0 Å². The standard InChI is InChI=1S/C26H28FN3OS/c1-32-23-11-9-20(10-12-23)21-6-4-5-19(17-21)18-30-15-13-22(14-16-30)28-26(31)29-25-8-3-2-7-24(25)27/h2-12,17,22H,13-16,18H2,1H3,(H2,28,29,31). The number of nitrogens with one attached hydrogen (secondary N) is 2. The molecule has 0 bridgehead atoms. The van der Waals surface area contributed by atoms with Gasteiger partial charge in [-0.15, -0.1) is 11.8 Å². The van der Waals surface area contributed by atoms with Crippen LogP contribution < -0.4 is 10.6 Å². The van der Waals surface area contributed by atoms with Crippen LogP contribution in [-0.2, 0) is 6.54 Å². The van der Waals surface area contributed by atoms with Crippen molar-refractivity contribution in [1.29, 1.82) is 0 Å². The third-order valence-corrected chi connectivity index (χ3v) is 6.54. The molecule has 0 saturated carbocycles. The number of nitrogens with zero attached hydrogens (tertiary/aromatic N) is 1. The number of urea groups is 1. The van der Waals surface area contributed by atoms with Crippen molar-refractivity contribution in [2.45, 2.75) is 30.3 Å². The van der Waals surface area contributed by atoms with Crippen LogP contribution in [0.4, 0.5) is 14.9 Å². The molecule has 1 heterocycles. The van der Waals surface area contributed by atoms with E-state index in [0.29, 0.717) is 0 Å². The minimum atomic E-state index is -0.431. The summed E-state index contributed by atoms with van der Waals surface area (Å²) in [6, 6.07) is 23.3. The molecule has 1 aliphatic heterocycles. The van der Waals surface area contributed by atoms with E-state index in [1.54, 1.807) is 30.0 Å². The zero-order valence-electron chi connectivity index (χ0n) is 18.2. The third-order valence-electron chi connectivity index (χ3n) is 5.80. The molecule has 2 N–H and O–H groups in total. The van der Waals surface area contributed by atoms with Crippen LogP contribution in [-0.4, -0.2) is 36.3 Å². The molecule has 0 unspecified atom stereocenters. The highest BCUT2D eigenvalue weighted by atomic mass is 32.2. The number of hydrogen-bond donors (Lipinski definition) is 2. The Labute approximate surface area is 193 Å². The molecule has 166 valence electrons. The molecule has 0 spiro atoms. The van der Waals surface area contributed by atoms with Crippen molar-refractivity contribution in [1.82, 2.24) is 10.2 Å². The molecular weight excluding hydrogens is 421 g/mol. The Morgan fingerprint density at radius 1 is 1.00 bits per heavy atom. The van der Waals surface area contributed by atoms with Gasteiger partial charge in [0.2, 0.25) is 0 Å². The van der Waals surface area contributed by atoms with Gasteiger partial charge in [-0.05, 0) is 66.1 Å². The van der Waals surface area contributed by atoms with Crippen molar-refractivity contribution >= 4 is 23.5 Å². The Hall–Kier alpha value is -2.83. The smallest absolute Gasteiger partial charge is 0.319 e. The Balaban J connectivity index is 1.27. The highest BCUT2D eigenvalue weighted by molar-refractivity contribution is 7.98. The predicted molar refractivity (Wildman–Crippen MR) is 131 cm³/mol. The number of rotatable bonds is 6. The fourth-order valence-electron chi connectivity index (χ4n) is 4.03. The molecule has 1 aliphatic rings. The first kappa shape index (κ1) is 22.4. The van der Waals surface area contributed by atoms with Gasteiger partial charge < -0.3 is 10.6 Å². The van der Waals surface area contributed by atoms with Crippen LogP contribution in [0.25, 0.3) is 11.1 Å². The molecule has 1 saturated heterocycles. The van der Waals surface area contributed by atoms with Gasteiger partial charge in [0.05, 0.1) is 5.69 Å². The van der Waals surface area contributed by atoms with Crippen LogP contribution in [0.1, 0.15) is 18.4 Å². The predicted octanol–water partition coefficient (Wildman–Crippen LogP) is 6.00. The summed E-state index contributed by atoms with van der Waals surface area (Å²) in [5.41, 5.74) is 3.95. The van der Waals surface area contributed by atoms with Crippen molar-refractivity contribution in [3.63, 3.8) is 0 Å². The number of likely N-dealkylation sites (tertiary alicyclic amines) is 1. The number of thioether (sulfide) groups is 1. The number of para-hydroxylation sites is 1. The van der Waals surface area contributed by atoms with Crippen LogP contribution in [0, 0.1) is 5.82 Å². The monoisotopic (exact) mass is 449 g/mol. The zero-order chi connectivity index (χ0) is 22.3. The van der Waals surface area contributed by atoms with Gasteiger partial charge in [0, 0.05) is 30.6 Å². The normalized spacial score (nSPS) is 14.8. The van der Waals surface area contributed by atoms with Gasteiger partial charge in [0.1, 0.15) is 5.82 Å². The molecule has 1 fully saturated rings. The van der Waals surface area contributed by atoms with Crippen LogP contribution >= 0.6 is 11.8 Å². The molecule has 6 heteroatoms. The molecule has 2 amide bonds. The highest BCUT2D eigenvalue weighted by Crippen LogP contribution is 2.25. The van der Waals surface area contributed by atoms with Crippen molar-refractivity contribution in [3.05, 3.63) is 84.2 Å². The summed E-state index contributed by atoms with van der Waals surface area (Å²) in [5.74, 6) is -0.431. The summed E-state index contributed by atoms with van der Waals surface area (Å²) in [4.78, 5) is 15.9. The topological polar surface area (TPSA) is 44.4 Å². The molecular formula is C26H28FN3OS. The van der Waals surface area contributed by atoms with E-state index in [-0.39, 0.29) is 17.8 Å². The lowest BCUT2D eigenvalue weighted by atomic mass is 10.0. The van der Waals surface area contributed by atoms with Gasteiger partial charge in [-0.2, -0.15) is 0 Å². The summed E-state index contributed by atoms with van der Waals surface area (Å²) in [6.07, 6.45) is 3.84. The lowest BCUT2D eigenvalue weighted by molar-refractivity contribution is 0.190. The van der Waals surface area contributed by atoms with Crippen molar-refractivity contribution < 1.29 is 9.18 Å². The summed E-state index contributed by atoms with van der Waals surface area (Å²) < 4.78 is 13.7. The molecule has 4 nitrogen and oxygen atoms in total. The largest absolute Gasteiger partial charge is 0.335 e. The van der Waals surface area contributed by atoms with Crippen molar-refractivity contribution in [2.75, 3.05) is 24.7 Å². The molecule has 3 aromatic carbocycles. The van der Waals surface area contributed by atoms with Crippen LogP contribution in [0.3, 0.4) is 0 Å². The maximum atomic E-state index is 13.7. The first-order valence-corrected chi connectivity index (χ1v) is 12.1. The molecule has 0 aromatic heterocycles. The van der Waals surface area contributed by atoms with E-state index in [1.165, 1.54) is 27.7 Å². The Kier molecular flexibility index (Phi) is 7.45. The first-order chi connectivity index (χ1) is 15.6. The van der Waals surface area contributed by atoms with Crippen LogP contribution in [0.15, 0.2) is 77.7 Å². The number of piperidine rings is 1. The summed E-state index contributed by atoms with van der Waals surface area (Å²) in [7, 11) is 0. The van der Waals surface area contributed by atoms with Gasteiger partial charge >= 0.3 is 6.03 Å². The molecule has 3 aromatic rings. The van der Waals surface area contributed by atoms with Crippen molar-refractivity contribution in [2.24, 2.45) is 0 Å². The number of anilines is 1. The Bertz CT molecular complexity index is 1050. The summed E-state index contributed by atoms with van der Waals surface area (Å²) >= 11 is 1.75. The second-order valence-electron chi connectivity index (χ2n) is 8.06. The summed E-state index contributed by atoms with van der Waals surface area (Å²) in [6.45, 7) is 2.72. The maximum Gasteiger partial charge on any atom is 0.319 e. The maximum absolute atomic E-state index is 13.7. The highest BCUT2D eigenvalue weighted by Gasteiger charge is 2.21. The number of benzene rings is 3. The van der Waals surface area contributed by atoms with E-state index in [4.69, 9.17) is 0 Å². The van der Waals surface area contributed by atoms with Crippen LogP contribution in [0.2, 0.25) is 0 Å². The van der Waals surface area contributed by atoms with Crippen molar-refractivity contribution in [3.8, 4) is 11.1 Å². The molecule has 32 heavy (non-hydrogen) atoms. The number of carbonyl (C=O) groups excluding carboxylic acids is 1. The SMILES string of the molecule is CSc1ccc(-c2cccc(CN3CCC(NC(=O)Nc4ccccc4F)CC3)c2)cc1. The lowest BCUT2D eigenvalue weighted by Gasteiger charge is -2.32. The third kappa shape index (κ3) is 5.90. The fourth-order valence-corrected chi connectivity index (χ4v) is 4.44. The quantitative estimate of drug-likeness (QED) is 0.454. The van der Waals surface area contributed by atoms with E-state index in [0.717, 1.165) is 32.5 Å². The average molecular weight is 450 g/mol. The second kappa shape index (κ2) is 10.7. The van der Waals surface area contributed by atoms with E-state index in [9.17, 15) is 9.18 Å². The van der Waals surface area contributed by atoms with E-state index >= 15 is 0 Å². The summed E-state index contributed by atoms with van der Waals surface area (Å²) in [5, 5.41) is 5.57. The fraction of sp³-hybridized carbons (Fsp3) is 0.269. The van der Waals surface area contributed by atoms with E-state index < -0.39 is 5.82 Å². The number of hydrogen-bond acceptors (Lipinski definition) is 3. The molecule has 4 rings (SSSR count). The lowest BCUT2D eigenvalue weighted by Crippen LogP contribution is -2.45. The van der Waals surface area contributed by atoms with Gasteiger partial charge in [0.15, 0.2) is 0 Å². The number of carbonyl (C=O) groups is 1. The minimum Gasteiger partial charge on any atom is -0.335 e. The van der Waals surface area contributed by atoms with Gasteiger partial charge in [-0.3, -0.25) is 4.90 Å². The average Bonchev–Trinajstić information content (AvgIpc) is 2.82. The Morgan fingerprint density at radius 3 is 2.47 bits per heavy atom. The molecule has 0 aliphatic carbocycles. The van der Waals surface area contributed by atoms with Gasteiger partial charge in [-0.1, -0.05) is 42.5 Å². The molecule has 0 radical (unpaired) electrons. The van der Waals surface area contributed by atoms with E-state index in [2.05, 4.69) is 70.3 Å². The first-order valence-electron chi connectivity index (χ1n) is 10.9. The van der Waals surface area contributed by atoms with Gasteiger partial charge in [0.25, 0.3) is 0 Å². The zero-order valence-corrected chi connectivity index (χ0v) is 19.0. The second-order valence-corrected chi connectivity index (χ2v) is 8.94. The minimum absolute atomic E-state index is 0.0966. The number of halogens is 1. The Morgan fingerprint density at radius 2 is 1.75 bits per heavy atom. The van der Waals surface area contributed by atoms with Gasteiger partial charge in [-0.25, -0.2) is 9.18 Å². The number of amides is 2. The van der Waals surface area contributed by atoms with Crippen LogP contribution in [0.5, 0.6) is 0 Å². The molecule has 0 atom stereocenters.